The van der Waals surface area contributed by atoms with Crippen LogP contribution in [0.4, 0.5) is 11.8 Å². The molecule has 0 bridgehead atoms. The first-order valence-corrected chi connectivity index (χ1v) is 10.1. The highest BCUT2D eigenvalue weighted by atomic mass is 32.1. The molecule has 1 saturated heterocycles. The third kappa shape index (κ3) is 4.62. The van der Waals surface area contributed by atoms with Crippen LogP contribution in [0.1, 0.15) is 36.9 Å². The molecule has 2 aliphatic rings. The SMILES string of the molecule is Cc1cc(N2CCCCCC2)nc(NC(=S)NCc2ccc3c(c2)OCO3)n1. The predicted octanol–water partition coefficient (Wildman–Crippen LogP) is 3.38. The van der Waals surface area contributed by atoms with Crippen molar-refractivity contribution in [2.45, 2.75) is 39.2 Å². The molecule has 0 spiro atoms. The van der Waals surface area contributed by atoms with Crippen LogP contribution in [0.2, 0.25) is 0 Å². The summed E-state index contributed by atoms with van der Waals surface area (Å²) in [7, 11) is 0. The van der Waals surface area contributed by atoms with Gasteiger partial charge >= 0.3 is 0 Å². The first-order chi connectivity index (χ1) is 13.7. The van der Waals surface area contributed by atoms with Crippen LogP contribution in [0.25, 0.3) is 0 Å². The van der Waals surface area contributed by atoms with Gasteiger partial charge in [0, 0.05) is 31.4 Å². The van der Waals surface area contributed by atoms with E-state index in [2.05, 4.69) is 25.5 Å². The summed E-state index contributed by atoms with van der Waals surface area (Å²) in [5.74, 6) is 3.04. The Morgan fingerprint density at radius 1 is 1.07 bits per heavy atom. The first-order valence-electron chi connectivity index (χ1n) is 9.71. The average Bonchev–Trinajstić information content (AvgIpc) is 2.97. The second-order valence-corrected chi connectivity index (χ2v) is 7.50. The number of nitrogens with one attached hydrogen (secondary N) is 2. The molecular formula is C20H25N5O2S. The molecule has 0 amide bonds. The molecule has 0 aliphatic carbocycles. The van der Waals surface area contributed by atoms with Gasteiger partial charge < -0.3 is 25.0 Å². The minimum absolute atomic E-state index is 0.274. The molecule has 148 valence electrons. The Morgan fingerprint density at radius 3 is 2.68 bits per heavy atom. The molecule has 7 nitrogen and oxygen atoms in total. The van der Waals surface area contributed by atoms with Crippen LogP contribution in [-0.2, 0) is 6.54 Å². The van der Waals surface area contributed by atoms with Crippen LogP contribution in [0.5, 0.6) is 11.5 Å². The molecule has 2 aromatic rings. The number of anilines is 2. The van der Waals surface area contributed by atoms with Crippen molar-refractivity contribution in [3.05, 3.63) is 35.5 Å². The number of fused-ring (bicyclic) bond motifs is 1. The number of nitrogens with zero attached hydrogens (tertiary/aromatic N) is 3. The summed E-state index contributed by atoms with van der Waals surface area (Å²) >= 11 is 5.43. The zero-order valence-electron chi connectivity index (χ0n) is 16.0. The van der Waals surface area contributed by atoms with Gasteiger partial charge in [0.1, 0.15) is 5.82 Å². The van der Waals surface area contributed by atoms with E-state index in [1.807, 2.05) is 31.2 Å². The van der Waals surface area contributed by atoms with Gasteiger partial charge in [0.05, 0.1) is 0 Å². The lowest BCUT2D eigenvalue weighted by Crippen LogP contribution is -2.30. The summed E-state index contributed by atoms with van der Waals surface area (Å²) in [6.07, 6.45) is 5.00. The molecule has 2 aliphatic heterocycles. The Morgan fingerprint density at radius 2 is 1.86 bits per heavy atom. The van der Waals surface area contributed by atoms with Crippen molar-refractivity contribution in [2.24, 2.45) is 0 Å². The van der Waals surface area contributed by atoms with Gasteiger partial charge in [0.2, 0.25) is 12.7 Å². The van der Waals surface area contributed by atoms with E-state index in [1.54, 1.807) is 0 Å². The Labute approximate surface area is 170 Å². The van der Waals surface area contributed by atoms with Crippen molar-refractivity contribution in [1.82, 2.24) is 15.3 Å². The molecule has 1 aromatic heterocycles. The van der Waals surface area contributed by atoms with Gasteiger partial charge in [0.15, 0.2) is 16.6 Å². The van der Waals surface area contributed by atoms with Crippen LogP contribution < -0.4 is 25.0 Å². The molecule has 0 unspecified atom stereocenters. The summed E-state index contributed by atoms with van der Waals surface area (Å²) in [6, 6.07) is 7.90. The first kappa shape index (κ1) is 18.7. The van der Waals surface area contributed by atoms with Gasteiger partial charge in [-0.1, -0.05) is 18.9 Å². The molecule has 1 fully saturated rings. The zero-order valence-corrected chi connectivity index (χ0v) is 16.8. The van der Waals surface area contributed by atoms with E-state index in [0.717, 1.165) is 41.7 Å². The topological polar surface area (TPSA) is 71.5 Å². The van der Waals surface area contributed by atoms with Crippen LogP contribution >= 0.6 is 12.2 Å². The van der Waals surface area contributed by atoms with Crippen LogP contribution in [0, 0.1) is 6.92 Å². The fourth-order valence-corrected chi connectivity index (χ4v) is 3.61. The highest BCUT2D eigenvalue weighted by Gasteiger charge is 2.15. The van der Waals surface area contributed by atoms with Gasteiger partial charge in [-0.3, -0.25) is 0 Å². The summed E-state index contributed by atoms with van der Waals surface area (Å²) in [4.78, 5) is 11.5. The quantitative estimate of drug-likeness (QED) is 0.758. The van der Waals surface area contributed by atoms with Gasteiger partial charge in [-0.15, -0.1) is 0 Å². The lowest BCUT2D eigenvalue weighted by molar-refractivity contribution is 0.174. The molecular weight excluding hydrogens is 374 g/mol. The van der Waals surface area contributed by atoms with Crippen LogP contribution in [0.15, 0.2) is 24.3 Å². The monoisotopic (exact) mass is 399 g/mol. The van der Waals surface area contributed by atoms with Gasteiger partial charge in [-0.2, -0.15) is 4.98 Å². The fraction of sp³-hybridized carbons (Fsp3) is 0.450. The summed E-state index contributed by atoms with van der Waals surface area (Å²) in [5.41, 5.74) is 1.99. The number of thiocarbonyl (C=S) groups is 1. The van der Waals surface area contributed by atoms with Gasteiger partial charge in [-0.25, -0.2) is 4.98 Å². The maximum absolute atomic E-state index is 5.43. The Kier molecular flexibility index (Phi) is 5.76. The smallest absolute Gasteiger partial charge is 0.231 e. The maximum atomic E-state index is 5.43. The third-order valence-electron chi connectivity index (χ3n) is 4.89. The fourth-order valence-electron chi connectivity index (χ4n) is 3.45. The van der Waals surface area contributed by atoms with E-state index < -0.39 is 0 Å². The Balaban J connectivity index is 1.37. The normalized spacial score (nSPS) is 15.8. The molecule has 8 heteroatoms. The zero-order chi connectivity index (χ0) is 19.3. The van der Waals surface area contributed by atoms with Gasteiger partial charge in [-0.05, 0) is 49.7 Å². The Hall–Kier alpha value is -2.61. The molecule has 0 atom stereocenters. The van der Waals surface area contributed by atoms with E-state index in [4.69, 9.17) is 21.7 Å². The largest absolute Gasteiger partial charge is 0.454 e. The number of aromatic nitrogens is 2. The molecule has 28 heavy (non-hydrogen) atoms. The number of hydrogen-bond donors (Lipinski definition) is 2. The molecule has 1 aromatic carbocycles. The Bertz CT molecular complexity index is 852. The van der Waals surface area contributed by atoms with Crippen LogP contribution in [0.3, 0.4) is 0 Å². The van der Waals surface area contributed by atoms with Crippen molar-refractivity contribution in [1.29, 1.82) is 0 Å². The second kappa shape index (κ2) is 8.60. The average molecular weight is 400 g/mol. The maximum Gasteiger partial charge on any atom is 0.231 e. The van der Waals surface area contributed by atoms with E-state index >= 15 is 0 Å². The highest BCUT2D eigenvalue weighted by molar-refractivity contribution is 7.80. The standard InChI is InChI=1S/C20H25N5O2S/c1-14-10-18(25-8-4-2-3-5-9-25)23-19(22-14)24-20(28)21-12-15-6-7-16-17(11-15)27-13-26-16/h6-7,10-11H,2-5,8-9,12-13H2,1H3,(H2,21,22,23,24,28). The molecule has 0 radical (unpaired) electrons. The van der Waals surface area contributed by atoms with E-state index in [9.17, 15) is 0 Å². The molecule has 2 N–H and O–H groups in total. The highest BCUT2D eigenvalue weighted by Crippen LogP contribution is 2.32. The minimum Gasteiger partial charge on any atom is -0.454 e. The van der Waals surface area contributed by atoms with Crippen molar-refractivity contribution in [3.8, 4) is 11.5 Å². The van der Waals surface area contributed by atoms with E-state index in [0.29, 0.717) is 17.6 Å². The molecule has 3 heterocycles. The summed E-state index contributed by atoms with van der Waals surface area (Å²) in [5, 5.41) is 6.80. The number of rotatable bonds is 4. The van der Waals surface area contributed by atoms with Crippen molar-refractivity contribution < 1.29 is 9.47 Å². The lowest BCUT2D eigenvalue weighted by atomic mass is 10.2. The minimum atomic E-state index is 0.274. The number of benzene rings is 1. The molecule has 0 saturated carbocycles. The van der Waals surface area contributed by atoms with E-state index in [-0.39, 0.29) is 6.79 Å². The number of ether oxygens (including phenoxy) is 2. The molecule has 4 rings (SSSR count). The number of aryl methyl sites for hydroxylation is 1. The third-order valence-corrected chi connectivity index (χ3v) is 5.13. The number of hydrogen-bond acceptors (Lipinski definition) is 6. The summed E-state index contributed by atoms with van der Waals surface area (Å²) < 4.78 is 10.7. The predicted molar refractivity (Wildman–Crippen MR) is 113 cm³/mol. The van der Waals surface area contributed by atoms with Crippen molar-refractivity contribution in [3.63, 3.8) is 0 Å². The summed E-state index contributed by atoms with van der Waals surface area (Å²) in [6.45, 7) is 4.92. The van der Waals surface area contributed by atoms with Crippen molar-refractivity contribution >= 4 is 29.1 Å². The lowest BCUT2D eigenvalue weighted by Gasteiger charge is -2.22. The van der Waals surface area contributed by atoms with Gasteiger partial charge in [0.25, 0.3) is 0 Å². The van der Waals surface area contributed by atoms with Crippen LogP contribution in [-0.4, -0.2) is 35.0 Å². The van der Waals surface area contributed by atoms with Crippen molar-refractivity contribution in [2.75, 3.05) is 30.1 Å². The van der Waals surface area contributed by atoms with E-state index in [1.165, 1.54) is 25.7 Å². The second-order valence-electron chi connectivity index (χ2n) is 7.09.